The molecular formula is C12H15FN2. The Morgan fingerprint density at radius 2 is 2.33 bits per heavy atom. The molecule has 0 aliphatic rings. The van der Waals surface area contributed by atoms with E-state index >= 15 is 0 Å². The molecule has 1 rings (SSSR count). The highest BCUT2D eigenvalue weighted by Crippen LogP contribution is 2.09. The van der Waals surface area contributed by atoms with Crippen molar-refractivity contribution < 1.29 is 4.39 Å². The number of nitrogens with zero attached hydrogens (tertiary/aromatic N) is 2. The Morgan fingerprint density at radius 1 is 1.60 bits per heavy atom. The highest BCUT2D eigenvalue weighted by molar-refractivity contribution is 5.57. The molecule has 0 fully saturated rings. The van der Waals surface area contributed by atoms with E-state index in [4.69, 9.17) is 0 Å². The standard InChI is InChI=1S/C12H15FN2/c1-10(2)15(9-14-3)8-11-5-4-6-12(13)7-11/h4-7,9H,1,8H2,2-3H3. The molecule has 80 valence electrons. The third-order valence-electron chi connectivity index (χ3n) is 1.99. The van der Waals surface area contributed by atoms with Gasteiger partial charge in [-0.05, 0) is 24.6 Å². The van der Waals surface area contributed by atoms with E-state index in [1.807, 2.05) is 17.9 Å². The van der Waals surface area contributed by atoms with Crippen LogP contribution in [-0.2, 0) is 6.54 Å². The Hall–Kier alpha value is -1.64. The van der Waals surface area contributed by atoms with Crippen LogP contribution in [0.1, 0.15) is 12.5 Å². The second-order valence-corrected chi connectivity index (χ2v) is 3.37. The highest BCUT2D eigenvalue weighted by atomic mass is 19.1. The third-order valence-corrected chi connectivity index (χ3v) is 1.99. The summed E-state index contributed by atoms with van der Waals surface area (Å²) in [6, 6.07) is 6.52. The summed E-state index contributed by atoms with van der Waals surface area (Å²) in [5.41, 5.74) is 1.78. The average Bonchev–Trinajstić information content (AvgIpc) is 2.17. The van der Waals surface area contributed by atoms with Crippen LogP contribution in [0, 0.1) is 5.82 Å². The quantitative estimate of drug-likeness (QED) is 0.546. The van der Waals surface area contributed by atoms with Crippen molar-refractivity contribution >= 4 is 6.34 Å². The third kappa shape index (κ3) is 3.54. The van der Waals surface area contributed by atoms with E-state index in [1.165, 1.54) is 12.1 Å². The maximum Gasteiger partial charge on any atom is 0.123 e. The van der Waals surface area contributed by atoms with Gasteiger partial charge in [-0.3, -0.25) is 4.99 Å². The van der Waals surface area contributed by atoms with Gasteiger partial charge in [0.1, 0.15) is 5.82 Å². The van der Waals surface area contributed by atoms with Crippen LogP contribution in [0.5, 0.6) is 0 Å². The lowest BCUT2D eigenvalue weighted by atomic mass is 10.2. The maximum atomic E-state index is 12.9. The predicted molar refractivity (Wildman–Crippen MR) is 61.2 cm³/mol. The van der Waals surface area contributed by atoms with E-state index in [9.17, 15) is 4.39 Å². The molecule has 0 spiro atoms. The van der Waals surface area contributed by atoms with Crippen molar-refractivity contribution in [2.24, 2.45) is 4.99 Å². The van der Waals surface area contributed by atoms with E-state index in [0.717, 1.165) is 11.3 Å². The number of benzene rings is 1. The van der Waals surface area contributed by atoms with Crippen LogP contribution in [0.3, 0.4) is 0 Å². The van der Waals surface area contributed by atoms with Crippen molar-refractivity contribution in [1.29, 1.82) is 0 Å². The highest BCUT2D eigenvalue weighted by Gasteiger charge is 2.02. The molecule has 0 saturated heterocycles. The molecule has 0 aliphatic heterocycles. The van der Waals surface area contributed by atoms with Gasteiger partial charge in [0.25, 0.3) is 0 Å². The summed E-state index contributed by atoms with van der Waals surface area (Å²) >= 11 is 0. The molecule has 2 nitrogen and oxygen atoms in total. The Labute approximate surface area is 89.8 Å². The van der Waals surface area contributed by atoms with Gasteiger partial charge in [0.15, 0.2) is 0 Å². The second-order valence-electron chi connectivity index (χ2n) is 3.37. The van der Waals surface area contributed by atoms with Gasteiger partial charge in [-0.25, -0.2) is 4.39 Å². The summed E-state index contributed by atoms with van der Waals surface area (Å²) in [7, 11) is 1.70. The molecule has 0 heterocycles. The largest absolute Gasteiger partial charge is 0.333 e. The van der Waals surface area contributed by atoms with Crippen LogP contribution >= 0.6 is 0 Å². The van der Waals surface area contributed by atoms with Gasteiger partial charge in [0, 0.05) is 19.3 Å². The van der Waals surface area contributed by atoms with Gasteiger partial charge in [-0.1, -0.05) is 18.7 Å². The lowest BCUT2D eigenvalue weighted by molar-refractivity contribution is 0.521. The summed E-state index contributed by atoms with van der Waals surface area (Å²) in [6.45, 7) is 6.31. The van der Waals surface area contributed by atoms with Crippen molar-refractivity contribution in [3.63, 3.8) is 0 Å². The van der Waals surface area contributed by atoms with Gasteiger partial charge in [-0.2, -0.15) is 0 Å². The van der Waals surface area contributed by atoms with Crippen LogP contribution in [0.25, 0.3) is 0 Å². The molecule has 0 bridgehead atoms. The molecule has 0 saturated carbocycles. The molecule has 0 aromatic heterocycles. The molecule has 0 N–H and O–H groups in total. The van der Waals surface area contributed by atoms with Crippen molar-refractivity contribution in [1.82, 2.24) is 4.90 Å². The number of rotatable bonds is 4. The van der Waals surface area contributed by atoms with Crippen LogP contribution in [0.2, 0.25) is 0 Å². The van der Waals surface area contributed by atoms with E-state index < -0.39 is 0 Å². The first-order valence-corrected chi connectivity index (χ1v) is 4.72. The van der Waals surface area contributed by atoms with Crippen molar-refractivity contribution in [2.45, 2.75) is 13.5 Å². The molecule has 0 aliphatic carbocycles. The van der Waals surface area contributed by atoms with E-state index in [1.54, 1.807) is 19.5 Å². The Balaban J connectivity index is 2.78. The normalized spacial score (nSPS) is 10.6. The van der Waals surface area contributed by atoms with Crippen LogP contribution in [0.4, 0.5) is 4.39 Å². The molecule has 0 radical (unpaired) electrons. The Kier molecular flexibility index (Phi) is 4.03. The van der Waals surface area contributed by atoms with E-state index in [2.05, 4.69) is 11.6 Å². The first-order chi connectivity index (χ1) is 7.13. The molecule has 0 unspecified atom stereocenters. The monoisotopic (exact) mass is 206 g/mol. The number of hydrogen-bond donors (Lipinski definition) is 0. The van der Waals surface area contributed by atoms with E-state index in [0.29, 0.717) is 6.54 Å². The SMILES string of the molecule is C=C(C)N(C=NC)Cc1cccc(F)c1. The first-order valence-electron chi connectivity index (χ1n) is 4.72. The summed E-state index contributed by atoms with van der Waals surface area (Å²) in [4.78, 5) is 5.79. The number of allylic oxidation sites excluding steroid dienone is 1. The predicted octanol–water partition coefficient (Wildman–Crippen LogP) is 2.82. The summed E-state index contributed by atoms with van der Waals surface area (Å²) in [5.74, 6) is -0.220. The Bertz CT molecular complexity index is 372. The van der Waals surface area contributed by atoms with Crippen molar-refractivity contribution in [3.05, 3.63) is 47.9 Å². The number of halogens is 1. The fraction of sp³-hybridized carbons (Fsp3) is 0.250. The van der Waals surface area contributed by atoms with Crippen molar-refractivity contribution in [2.75, 3.05) is 7.05 Å². The number of hydrogen-bond acceptors (Lipinski definition) is 1. The average molecular weight is 206 g/mol. The molecule has 1 aromatic rings. The maximum absolute atomic E-state index is 12.9. The van der Waals surface area contributed by atoms with Gasteiger partial charge in [0.2, 0.25) is 0 Å². The molecule has 3 heteroatoms. The summed E-state index contributed by atoms with van der Waals surface area (Å²) < 4.78 is 12.9. The zero-order valence-electron chi connectivity index (χ0n) is 9.07. The van der Waals surface area contributed by atoms with Gasteiger partial charge >= 0.3 is 0 Å². The molecular weight excluding hydrogens is 191 g/mol. The van der Waals surface area contributed by atoms with Gasteiger partial charge < -0.3 is 4.90 Å². The van der Waals surface area contributed by atoms with E-state index in [-0.39, 0.29) is 5.82 Å². The Morgan fingerprint density at radius 3 is 2.87 bits per heavy atom. The van der Waals surface area contributed by atoms with Crippen LogP contribution in [0.15, 0.2) is 41.5 Å². The molecule has 0 atom stereocenters. The minimum absolute atomic E-state index is 0.220. The minimum Gasteiger partial charge on any atom is -0.333 e. The van der Waals surface area contributed by atoms with Crippen LogP contribution < -0.4 is 0 Å². The fourth-order valence-electron chi connectivity index (χ4n) is 1.25. The fourth-order valence-corrected chi connectivity index (χ4v) is 1.25. The molecule has 0 amide bonds. The topological polar surface area (TPSA) is 15.6 Å². The van der Waals surface area contributed by atoms with Crippen molar-refractivity contribution in [3.8, 4) is 0 Å². The lowest BCUT2D eigenvalue weighted by Gasteiger charge is -2.19. The van der Waals surface area contributed by atoms with Gasteiger partial charge in [0.05, 0.1) is 6.34 Å². The molecule has 15 heavy (non-hydrogen) atoms. The van der Waals surface area contributed by atoms with Gasteiger partial charge in [-0.15, -0.1) is 0 Å². The second kappa shape index (κ2) is 5.29. The molecule has 1 aromatic carbocycles. The first kappa shape index (κ1) is 11.4. The summed E-state index contributed by atoms with van der Waals surface area (Å²) in [6.07, 6.45) is 1.69. The summed E-state index contributed by atoms with van der Waals surface area (Å²) in [5, 5.41) is 0. The number of aliphatic imine (C=N–C) groups is 1. The zero-order valence-corrected chi connectivity index (χ0v) is 9.07. The minimum atomic E-state index is -0.220. The lowest BCUT2D eigenvalue weighted by Crippen LogP contribution is -2.18. The zero-order chi connectivity index (χ0) is 11.3. The smallest absolute Gasteiger partial charge is 0.123 e. The van der Waals surface area contributed by atoms with Crippen LogP contribution in [-0.4, -0.2) is 18.3 Å².